The number of hydrogen-bond donors (Lipinski definition) is 2. The number of rotatable bonds is 5. The first-order valence-electron chi connectivity index (χ1n) is 6.28. The van der Waals surface area contributed by atoms with Crippen LogP contribution in [0.15, 0.2) is 18.2 Å². The molecule has 1 aromatic carbocycles. The summed E-state index contributed by atoms with van der Waals surface area (Å²) < 4.78 is 10.5. The lowest BCUT2D eigenvalue weighted by Crippen LogP contribution is -2.61. The highest BCUT2D eigenvalue weighted by Gasteiger charge is 2.49. The second-order valence-electron chi connectivity index (χ2n) is 4.85. The summed E-state index contributed by atoms with van der Waals surface area (Å²) in [6, 6.07) is 4.76. The van der Waals surface area contributed by atoms with Crippen LogP contribution in [0, 0.1) is 0 Å². The average Bonchev–Trinajstić information content (AvgIpc) is 2.36. The van der Waals surface area contributed by atoms with Crippen molar-refractivity contribution in [2.24, 2.45) is 5.73 Å². The molecule has 1 atom stereocenters. The summed E-state index contributed by atoms with van der Waals surface area (Å²) in [5.74, 6) is -0.192. The maximum absolute atomic E-state index is 11.2. The molecule has 1 unspecified atom stereocenters. The molecular formula is C14H19NO4. The maximum atomic E-state index is 11.2. The third-order valence-electron chi connectivity index (χ3n) is 3.82. The molecule has 1 heterocycles. The first-order valence-corrected chi connectivity index (χ1v) is 6.28. The molecule has 1 aliphatic heterocycles. The Morgan fingerprint density at radius 2 is 2.26 bits per heavy atom. The molecule has 2 rings (SSSR count). The molecule has 104 valence electrons. The number of carboxylic acids is 1. The largest absolute Gasteiger partial charge is 0.496 e. The fourth-order valence-corrected chi connectivity index (χ4v) is 2.45. The summed E-state index contributed by atoms with van der Waals surface area (Å²) in [5.41, 5.74) is 7.17. The third kappa shape index (κ3) is 2.19. The van der Waals surface area contributed by atoms with Crippen LogP contribution in [0.3, 0.4) is 0 Å². The predicted octanol–water partition coefficient (Wildman–Crippen LogP) is 0.937. The van der Waals surface area contributed by atoms with Crippen molar-refractivity contribution in [3.05, 3.63) is 29.3 Å². The van der Waals surface area contributed by atoms with E-state index in [9.17, 15) is 4.79 Å². The van der Waals surface area contributed by atoms with Gasteiger partial charge in [0.25, 0.3) is 0 Å². The molecule has 19 heavy (non-hydrogen) atoms. The fourth-order valence-electron chi connectivity index (χ4n) is 2.45. The van der Waals surface area contributed by atoms with E-state index in [0.717, 1.165) is 23.3 Å². The number of ether oxygens (including phenoxy) is 2. The van der Waals surface area contributed by atoms with Crippen LogP contribution in [0.25, 0.3) is 0 Å². The second kappa shape index (κ2) is 5.19. The Bertz CT molecular complexity index is 482. The van der Waals surface area contributed by atoms with Gasteiger partial charge in [0.2, 0.25) is 0 Å². The minimum absolute atomic E-state index is 0.343. The van der Waals surface area contributed by atoms with Crippen molar-refractivity contribution in [2.75, 3.05) is 20.3 Å². The van der Waals surface area contributed by atoms with Gasteiger partial charge in [-0.1, -0.05) is 19.1 Å². The Balaban J connectivity index is 2.42. The number of benzene rings is 1. The number of nitrogens with two attached hydrogens (primary N) is 1. The van der Waals surface area contributed by atoms with Crippen LogP contribution >= 0.6 is 0 Å². The molecule has 0 amide bonds. The van der Waals surface area contributed by atoms with Crippen molar-refractivity contribution in [1.82, 2.24) is 0 Å². The van der Waals surface area contributed by atoms with E-state index in [-0.39, 0.29) is 0 Å². The lowest BCUT2D eigenvalue weighted by Gasteiger charge is -2.44. The van der Waals surface area contributed by atoms with Gasteiger partial charge in [-0.15, -0.1) is 0 Å². The average molecular weight is 265 g/mol. The lowest BCUT2D eigenvalue weighted by atomic mass is 9.72. The van der Waals surface area contributed by atoms with E-state index >= 15 is 0 Å². The highest BCUT2D eigenvalue weighted by Crippen LogP contribution is 2.37. The smallest absolute Gasteiger partial charge is 0.321 e. The Hall–Kier alpha value is -1.59. The van der Waals surface area contributed by atoms with Gasteiger partial charge < -0.3 is 20.3 Å². The number of aryl methyl sites for hydroxylation is 1. The van der Waals surface area contributed by atoms with Crippen molar-refractivity contribution in [3.8, 4) is 5.75 Å². The maximum Gasteiger partial charge on any atom is 0.321 e. The van der Waals surface area contributed by atoms with Crippen LogP contribution in [0.1, 0.15) is 18.1 Å². The Kier molecular flexibility index (Phi) is 3.78. The van der Waals surface area contributed by atoms with E-state index in [2.05, 4.69) is 0 Å². The van der Waals surface area contributed by atoms with Crippen molar-refractivity contribution in [1.29, 1.82) is 0 Å². The molecule has 5 heteroatoms. The number of carbonyl (C=O) groups is 1. The minimum Gasteiger partial charge on any atom is -0.496 e. The molecule has 0 spiro atoms. The van der Waals surface area contributed by atoms with E-state index < -0.39 is 17.4 Å². The van der Waals surface area contributed by atoms with E-state index in [1.807, 2.05) is 25.1 Å². The van der Waals surface area contributed by atoms with Gasteiger partial charge in [-0.05, 0) is 23.6 Å². The lowest BCUT2D eigenvalue weighted by molar-refractivity contribution is -0.148. The molecule has 1 saturated heterocycles. The second-order valence-corrected chi connectivity index (χ2v) is 4.85. The van der Waals surface area contributed by atoms with Gasteiger partial charge in [0, 0.05) is 0 Å². The molecule has 0 aliphatic carbocycles. The molecular weight excluding hydrogens is 246 g/mol. The van der Waals surface area contributed by atoms with Gasteiger partial charge in [0.1, 0.15) is 11.8 Å². The SMILES string of the molecule is CCc1cc(C2(C(N)C(=O)O)COC2)ccc1OC. The van der Waals surface area contributed by atoms with Crippen molar-refractivity contribution in [2.45, 2.75) is 24.8 Å². The Morgan fingerprint density at radius 1 is 1.58 bits per heavy atom. The van der Waals surface area contributed by atoms with E-state index in [1.165, 1.54) is 0 Å². The van der Waals surface area contributed by atoms with E-state index in [1.54, 1.807) is 7.11 Å². The van der Waals surface area contributed by atoms with Crippen LogP contribution in [0.5, 0.6) is 5.75 Å². The van der Waals surface area contributed by atoms with E-state index in [4.69, 9.17) is 20.3 Å². The first kappa shape index (κ1) is 13.8. The topological polar surface area (TPSA) is 81.8 Å². The Morgan fingerprint density at radius 3 is 2.68 bits per heavy atom. The molecule has 1 aliphatic rings. The molecule has 0 saturated carbocycles. The molecule has 0 aromatic heterocycles. The van der Waals surface area contributed by atoms with Gasteiger partial charge in [0.05, 0.1) is 25.7 Å². The van der Waals surface area contributed by atoms with Crippen LogP contribution in [0.4, 0.5) is 0 Å². The molecule has 3 N–H and O–H groups in total. The number of hydrogen-bond acceptors (Lipinski definition) is 4. The summed E-state index contributed by atoms with van der Waals surface area (Å²) in [7, 11) is 1.62. The van der Waals surface area contributed by atoms with Gasteiger partial charge in [-0.3, -0.25) is 4.79 Å². The van der Waals surface area contributed by atoms with Crippen molar-refractivity contribution in [3.63, 3.8) is 0 Å². The van der Waals surface area contributed by atoms with Crippen LogP contribution in [0.2, 0.25) is 0 Å². The zero-order valence-corrected chi connectivity index (χ0v) is 11.2. The quantitative estimate of drug-likeness (QED) is 0.828. The van der Waals surface area contributed by atoms with Crippen molar-refractivity contribution >= 4 is 5.97 Å². The summed E-state index contributed by atoms with van der Waals surface area (Å²) >= 11 is 0. The summed E-state index contributed by atoms with van der Waals surface area (Å²) in [6.07, 6.45) is 0.816. The molecule has 0 bridgehead atoms. The standard InChI is InChI=1S/C14H19NO4/c1-3-9-6-10(4-5-11(9)18-2)14(7-19-8-14)12(15)13(16)17/h4-6,12H,3,7-8,15H2,1-2H3,(H,16,17). The van der Waals surface area contributed by atoms with Crippen molar-refractivity contribution < 1.29 is 19.4 Å². The van der Waals surface area contributed by atoms with Gasteiger partial charge in [-0.2, -0.15) is 0 Å². The summed E-state index contributed by atoms with van der Waals surface area (Å²) in [4.78, 5) is 11.2. The monoisotopic (exact) mass is 265 g/mol. The van der Waals surface area contributed by atoms with Crippen LogP contribution in [-0.4, -0.2) is 37.4 Å². The molecule has 1 fully saturated rings. The summed E-state index contributed by atoms with van der Waals surface area (Å²) in [5, 5.41) is 9.17. The Labute approximate surface area is 112 Å². The fraction of sp³-hybridized carbons (Fsp3) is 0.500. The number of carboxylic acid groups (broad SMARTS) is 1. The van der Waals surface area contributed by atoms with Gasteiger partial charge in [-0.25, -0.2) is 0 Å². The zero-order chi connectivity index (χ0) is 14.0. The predicted molar refractivity (Wildman–Crippen MR) is 70.5 cm³/mol. The van der Waals surface area contributed by atoms with Gasteiger partial charge >= 0.3 is 5.97 Å². The molecule has 5 nitrogen and oxygen atoms in total. The van der Waals surface area contributed by atoms with Crippen LogP contribution < -0.4 is 10.5 Å². The van der Waals surface area contributed by atoms with Crippen LogP contribution in [-0.2, 0) is 21.4 Å². The number of methoxy groups -OCH3 is 1. The highest BCUT2D eigenvalue weighted by atomic mass is 16.5. The minimum atomic E-state index is -1.00. The zero-order valence-electron chi connectivity index (χ0n) is 11.2. The summed E-state index contributed by atoms with van der Waals surface area (Å²) in [6.45, 7) is 2.72. The van der Waals surface area contributed by atoms with E-state index in [0.29, 0.717) is 13.2 Å². The third-order valence-corrected chi connectivity index (χ3v) is 3.82. The van der Waals surface area contributed by atoms with Gasteiger partial charge in [0.15, 0.2) is 0 Å². The molecule has 0 radical (unpaired) electrons. The highest BCUT2D eigenvalue weighted by molar-refractivity contribution is 5.76. The normalized spacial score (nSPS) is 18.5. The molecule has 1 aromatic rings. The number of aliphatic carboxylic acids is 1. The first-order chi connectivity index (χ1) is 9.05.